The first kappa shape index (κ1) is 15.0. The van der Waals surface area contributed by atoms with E-state index in [2.05, 4.69) is 37.9 Å². The van der Waals surface area contributed by atoms with E-state index in [0.717, 1.165) is 18.8 Å². The lowest BCUT2D eigenvalue weighted by molar-refractivity contribution is 0.266. The lowest BCUT2D eigenvalue weighted by Crippen LogP contribution is -2.46. The molecule has 0 bridgehead atoms. The van der Waals surface area contributed by atoms with E-state index in [1.54, 1.807) is 0 Å². The van der Waals surface area contributed by atoms with Gasteiger partial charge in [-0.15, -0.1) is 0 Å². The van der Waals surface area contributed by atoms with E-state index in [1.165, 1.54) is 12.1 Å². The Hall–Kier alpha value is -1.09. The Morgan fingerprint density at radius 3 is 2.33 bits per heavy atom. The Bertz CT molecular complexity index is 359. The highest BCUT2D eigenvalue weighted by atomic mass is 19.1. The van der Waals surface area contributed by atoms with E-state index in [1.807, 2.05) is 19.2 Å². The van der Waals surface area contributed by atoms with Crippen molar-refractivity contribution in [3.63, 3.8) is 0 Å². The number of rotatable bonds is 6. The predicted molar refractivity (Wildman–Crippen MR) is 76.6 cm³/mol. The predicted octanol–water partition coefficient (Wildman–Crippen LogP) is 3.29. The summed E-state index contributed by atoms with van der Waals surface area (Å²) in [5.41, 5.74) is 1.20. The molecule has 1 unspecified atom stereocenters. The van der Waals surface area contributed by atoms with Crippen molar-refractivity contribution in [2.24, 2.45) is 5.41 Å². The van der Waals surface area contributed by atoms with Gasteiger partial charge in [0.15, 0.2) is 0 Å². The molecule has 1 aromatic carbocycles. The zero-order valence-electron chi connectivity index (χ0n) is 12.1. The fraction of sp³-hybridized carbons (Fsp3) is 0.600. The molecule has 0 aromatic heterocycles. The highest BCUT2D eigenvalue weighted by molar-refractivity contribution is 5.45. The van der Waals surface area contributed by atoms with Crippen LogP contribution in [0.2, 0.25) is 0 Å². The van der Waals surface area contributed by atoms with Gasteiger partial charge in [0.25, 0.3) is 0 Å². The molecule has 0 aliphatic carbocycles. The van der Waals surface area contributed by atoms with Crippen LogP contribution in [0.15, 0.2) is 24.3 Å². The van der Waals surface area contributed by atoms with Gasteiger partial charge < -0.3 is 10.2 Å². The van der Waals surface area contributed by atoms with Crippen LogP contribution in [-0.4, -0.2) is 26.2 Å². The van der Waals surface area contributed by atoms with Crippen LogP contribution in [0, 0.1) is 11.2 Å². The minimum Gasteiger partial charge on any atom is -0.374 e. The summed E-state index contributed by atoms with van der Waals surface area (Å²) < 4.78 is 12.9. The molecule has 3 heteroatoms. The highest BCUT2D eigenvalue weighted by Crippen LogP contribution is 2.24. The maximum Gasteiger partial charge on any atom is 0.123 e. The third-order valence-electron chi connectivity index (χ3n) is 3.59. The Labute approximate surface area is 110 Å². The number of halogens is 1. The number of hydrogen-bond donors (Lipinski definition) is 1. The maximum absolute atomic E-state index is 12.9. The SMILES string of the molecule is CCNC(C)C(C)(C)CN(C)c1ccc(F)cc1. The van der Waals surface area contributed by atoms with Crippen molar-refractivity contribution < 1.29 is 4.39 Å². The number of nitrogens with one attached hydrogen (secondary N) is 1. The molecule has 0 amide bonds. The standard InChI is InChI=1S/C15H25FN2/c1-6-17-12(2)15(3,4)11-18(5)14-9-7-13(16)8-10-14/h7-10,12,17H,6,11H2,1-5H3. The van der Waals surface area contributed by atoms with Crippen molar-refractivity contribution in [2.45, 2.75) is 33.7 Å². The Balaban J connectivity index is 2.68. The van der Waals surface area contributed by atoms with Crippen molar-refractivity contribution in [1.29, 1.82) is 0 Å². The molecule has 1 rings (SSSR count). The van der Waals surface area contributed by atoms with E-state index in [9.17, 15) is 4.39 Å². The number of hydrogen-bond acceptors (Lipinski definition) is 2. The zero-order valence-corrected chi connectivity index (χ0v) is 12.1. The van der Waals surface area contributed by atoms with Gasteiger partial charge in [-0.3, -0.25) is 0 Å². The molecule has 0 fully saturated rings. The largest absolute Gasteiger partial charge is 0.374 e. The van der Waals surface area contributed by atoms with Crippen molar-refractivity contribution in [1.82, 2.24) is 5.32 Å². The van der Waals surface area contributed by atoms with Gasteiger partial charge in [0.1, 0.15) is 5.82 Å². The van der Waals surface area contributed by atoms with Gasteiger partial charge in [0.05, 0.1) is 0 Å². The van der Waals surface area contributed by atoms with Crippen molar-refractivity contribution in [2.75, 3.05) is 25.0 Å². The van der Waals surface area contributed by atoms with Crippen molar-refractivity contribution in [3.05, 3.63) is 30.1 Å². The van der Waals surface area contributed by atoms with Crippen LogP contribution < -0.4 is 10.2 Å². The topological polar surface area (TPSA) is 15.3 Å². The number of benzene rings is 1. The lowest BCUT2D eigenvalue weighted by atomic mass is 9.84. The fourth-order valence-corrected chi connectivity index (χ4v) is 2.12. The average Bonchev–Trinajstić information content (AvgIpc) is 2.29. The third kappa shape index (κ3) is 3.98. The van der Waals surface area contributed by atoms with Gasteiger partial charge in [-0.25, -0.2) is 4.39 Å². The molecule has 0 saturated heterocycles. The normalized spacial score (nSPS) is 13.4. The Morgan fingerprint density at radius 2 is 1.83 bits per heavy atom. The van der Waals surface area contributed by atoms with E-state index in [4.69, 9.17) is 0 Å². The molecule has 18 heavy (non-hydrogen) atoms. The smallest absolute Gasteiger partial charge is 0.123 e. The first-order valence-electron chi connectivity index (χ1n) is 6.57. The molecule has 0 aliphatic heterocycles. The summed E-state index contributed by atoms with van der Waals surface area (Å²) >= 11 is 0. The summed E-state index contributed by atoms with van der Waals surface area (Å²) in [4.78, 5) is 2.17. The van der Waals surface area contributed by atoms with Crippen LogP contribution in [0.1, 0.15) is 27.7 Å². The first-order chi connectivity index (χ1) is 8.36. The summed E-state index contributed by atoms with van der Waals surface area (Å²) in [6, 6.07) is 7.09. The van der Waals surface area contributed by atoms with Gasteiger partial charge in [-0.1, -0.05) is 20.8 Å². The van der Waals surface area contributed by atoms with E-state index in [-0.39, 0.29) is 11.2 Å². The molecule has 0 aliphatic rings. The number of anilines is 1. The van der Waals surface area contributed by atoms with Gasteiger partial charge in [0, 0.05) is 25.3 Å². The molecule has 102 valence electrons. The van der Waals surface area contributed by atoms with Gasteiger partial charge in [-0.2, -0.15) is 0 Å². The molecular weight excluding hydrogens is 227 g/mol. The first-order valence-corrected chi connectivity index (χ1v) is 6.57. The maximum atomic E-state index is 12.9. The quantitative estimate of drug-likeness (QED) is 0.836. The molecule has 0 saturated carbocycles. The average molecular weight is 252 g/mol. The van der Waals surface area contributed by atoms with Gasteiger partial charge in [-0.05, 0) is 43.1 Å². The molecule has 0 heterocycles. The van der Waals surface area contributed by atoms with Gasteiger partial charge >= 0.3 is 0 Å². The molecule has 1 atom stereocenters. The van der Waals surface area contributed by atoms with Crippen LogP contribution in [0.5, 0.6) is 0 Å². The second kappa shape index (κ2) is 6.19. The van der Waals surface area contributed by atoms with Crippen molar-refractivity contribution >= 4 is 5.69 Å². The number of nitrogens with zero attached hydrogens (tertiary/aromatic N) is 1. The van der Waals surface area contributed by atoms with E-state index in [0.29, 0.717) is 6.04 Å². The Kier molecular flexibility index (Phi) is 5.15. The van der Waals surface area contributed by atoms with Crippen LogP contribution >= 0.6 is 0 Å². The summed E-state index contributed by atoms with van der Waals surface area (Å²) in [6.07, 6.45) is 0. The summed E-state index contributed by atoms with van der Waals surface area (Å²) in [5, 5.41) is 3.47. The highest BCUT2D eigenvalue weighted by Gasteiger charge is 2.26. The van der Waals surface area contributed by atoms with Crippen LogP contribution in [0.3, 0.4) is 0 Å². The van der Waals surface area contributed by atoms with Crippen molar-refractivity contribution in [3.8, 4) is 0 Å². The summed E-state index contributed by atoms with van der Waals surface area (Å²) in [5.74, 6) is -0.188. The third-order valence-corrected chi connectivity index (χ3v) is 3.59. The van der Waals surface area contributed by atoms with E-state index >= 15 is 0 Å². The molecule has 0 radical (unpaired) electrons. The van der Waals surface area contributed by atoms with Crippen LogP contribution in [-0.2, 0) is 0 Å². The Morgan fingerprint density at radius 1 is 1.28 bits per heavy atom. The minimum atomic E-state index is -0.188. The molecule has 1 aromatic rings. The van der Waals surface area contributed by atoms with Gasteiger partial charge in [0.2, 0.25) is 0 Å². The van der Waals surface area contributed by atoms with E-state index < -0.39 is 0 Å². The zero-order chi connectivity index (χ0) is 13.8. The molecule has 0 spiro atoms. The summed E-state index contributed by atoms with van der Waals surface area (Å²) in [6.45, 7) is 10.7. The molecular formula is C15H25FN2. The van der Waals surface area contributed by atoms with Crippen LogP contribution in [0.4, 0.5) is 10.1 Å². The molecule has 2 nitrogen and oxygen atoms in total. The molecule has 1 N–H and O–H groups in total. The minimum absolute atomic E-state index is 0.152. The second-order valence-electron chi connectivity index (χ2n) is 5.60. The fourth-order valence-electron chi connectivity index (χ4n) is 2.12. The van der Waals surface area contributed by atoms with Crippen LogP contribution in [0.25, 0.3) is 0 Å². The second-order valence-corrected chi connectivity index (χ2v) is 5.60. The lowest BCUT2D eigenvalue weighted by Gasteiger charge is -2.37. The monoisotopic (exact) mass is 252 g/mol. The summed E-state index contributed by atoms with van der Waals surface area (Å²) in [7, 11) is 2.05.